The van der Waals surface area contributed by atoms with Gasteiger partial charge in [-0.15, -0.1) is 24.8 Å². The maximum absolute atomic E-state index is 4.34. The zero-order chi connectivity index (χ0) is 13.6. The van der Waals surface area contributed by atoms with Gasteiger partial charge in [-0.3, -0.25) is 4.90 Å². The Morgan fingerprint density at radius 3 is 2.27 bits per heavy atom. The van der Waals surface area contributed by atoms with Gasteiger partial charge in [0.05, 0.1) is 0 Å². The first kappa shape index (κ1) is 19.4. The summed E-state index contributed by atoms with van der Waals surface area (Å²) in [6, 6.07) is 1.87. The van der Waals surface area contributed by atoms with Gasteiger partial charge in [0.25, 0.3) is 0 Å². The number of hydrogen-bond donors (Lipinski definition) is 1. The van der Waals surface area contributed by atoms with E-state index in [1.54, 1.807) is 0 Å². The molecule has 2 aliphatic rings. The Kier molecular flexibility index (Phi) is 9.02. The van der Waals surface area contributed by atoms with E-state index in [2.05, 4.69) is 25.1 Å². The standard InChI is InChI=1S/C15H25N5.2ClH/c1-5-17-15(18-6-1)20-12-10-19(11-13-20)9-4-14-2-7-16-8-3-14;;/h1,5-6,14,16H,2-4,7-13H2;2*1H. The first-order valence-corrected chi connectivity index (χ1v) is 7.87. The highest BCUT2D eigenvalue weighted by atomic mass is 35.5. The van der Waals surface area contributed by atoms with Crippen LogP contribution < -0.4 is 10.2 Å². The van der Waals surface area contributed by atoms with E-state index in [9.17, 15) is 0 Å². The number of nitrogens with zero attached hydrogens (tertiary/aromatic N) is 4. The van der Waals surface area contributed by atoms with Crippen LogP contribution in [-0.4, -0.2) is 60.7 Å². The number of hydrogen-bond acceptors (Lipinski definition) is 5. The average Bonchev–Trinajstić information content (AvgIpc) is 2.55. The van der Waals surface area contributed by atoms with Crippen LogP contribution in [0.4, 0.5) is 5.95 Å². The molecule has 1 aromatic heterocycles. The molecule has 0 radical (unpaired) electrons. The molecule has 2 fully saturated rings. The Morgan fingerprint density at radius 2 is 1.64 bits per heavy atom. The average molecular weight is 348 g/mol. The molecule has 0 aliphatic carbocycles. The molecule has 1 aromatic rings. The largest absolute Gasteiger partial charge is 0.338 e. The highest BCUT2D eigenvalue weighted by Crippen LogP contribution is 2.17. The number of piperazine rings is 1. The van der Waals surface area contributed by atoms with Gasteiger partial charge in [0.15, 0.2) is 0 Å². The van der Waals surface area contributed by atoms with Crippen LogP contribution >= 0.6 is 24.8 Å². The molecule has 5 nitrogen and oxygen atoms in total. The molecule has 7 heteroatoms. The van der Waals surface area contributed by atoms with Gasteiger partial charge >= 0.3 is 0 Å². The maximum atomic E-state index is 4.34. The summed E-state index contributed by atoms with van der Waals surface area (Å²) in [5.74, 6) is 1.82. The zero-order valence-corrected chi connectivity index (χ0v) is 14.6. The lowest BCUT2D eigenvalue weighted by Crippen LogP contribution is -2.47. The molecule has 0 bridgehead atoms. The van der Waals surface area contributed by atoms with Crippen LogP contribution in [0.15, 0.2) is 18.5 Å². The molecular formula is C15H27Cl2N5. The molecule has 2 saturated heterocycles. The fourth-order valence-corrected chi connectivity index (χ4v) is 3.16. The Labute approximate surface area is 145 Å². The molecule has 0 saturated carbocycles. The number of piperidine rings is 1. The van der Waals surface area contributed by atoms with Crippen molar-refractivity contribution in [3.05, 3.63) is 18.5 Å². The number of nitrogens with one attached hydrogen (secondary N) is 1. The first-order chi connectivity index (χ1) is 9.92. The highest BCUT2D eigenvalue weighted by molar-refractivity contribution is 5.85. The van der Waals surface area contributed by atoms with Gasteiger partial charge in [-0.25, -0.2) is 9.97 Å². The molecule has 0 aromatic carbocycles. The summed E-state index contributed by atoms with van der Waals surface area (Å²) in [6.07, 6.45) is 7.73. The molecule has 0 spiro atoms. The third-order valence-corrected chi connectivity index (χ3v) is 4.52. The van der Waals surface area contributed by atoms with Gasteiger partial charge in [-0.05, 0) is 50.9 Å². The molecule has 1 N–H and O–H groups in total. The summed E-state index contributed by atoms with van der Waals surface area (Å²) < 4.78 is 0. The predicted molar refractivity (Wildman–Crippen MR) is 95.4 cm³/mol. The molecule has 22 heavy (non-hydrogen) atoms. The molecule has 3 rings (SSSR count). The van der Waals surface area contributed by atoms with Crippen LogP contribution in [0.1, 0.15) is 19.3 Å². The topological polar surface area (TPSA) is 44.3 Å². The fourth-order valence-electron chi connectivity index (χ4n) is 3.16. The summed E-state index contributed by atoms with van der Waals surface area (Å²) >= 11 is 0. The Morgan fingerprint density at radius 1 is 1.00 bits per heavy atom. The second kappa shape index (κ2) is 10.2. The van der Waals surface area contributed by atoms with Crippen LogP contribution in [0.2, 0.25) is 0 Å². The maximum Gasteiger partial charge on any atom is 0.225 e. The van der Waals surface area contributed by atoms with Crippen molar-refractivity contribution in [3.63, 3.8) is 0 Å². The first-order valence-electron chi connectivity index (χ1n) is 7.87. The second-order valence-corrected chi connectivity index (χ2v) is 5.86. The molecular weight excluding hydrogens is 321 g/mol. The molecule has 0 unspecified atom stereocenters. The Bertz CT molecular complexity index is 392. The van der Waals surface area contributed by atoms with E-state index >= 15 is 0 Å². The van der Waals surface area contributed by atoms with Crippen molar-refractivity contribution in [1.29, 1.82) is 0 Å². The zero-order valence-electron chi connectivity index (χ0n) is 13.0. The summed E-state index contributed by atoms with van der Waals surface area (Å²) in [4.78, 5) is 13.6. The third kappa shape index (κ3) is 5.54. The van der Waals surface area contributed by atoms with E-state index in [0.29, 0.717) is 0 Å². The van der Waals surface area contributed by atoms with Gasteiger partial charge < -0.3 is 10.2 Å². The van der Waals surface area contributed by atoms with Crippen molar-refractivity contribution < 1.29 is 0 Å². The number of rotatable bonds is 4. The van der Waals surface area contributed by atoms with Gasteiger partial charge in [0.1, 0.15) is 0 Å². The predicted octanol–water partition coefficient (Wildman–Crippen LogP) is 1.83. The minimum atomic E-state index is 0. The van der Waals surface area contributed by atoms with Crippen molar-refractivity contribution in [1.82, 2.24) is 20.2 Å². The van der Waals surface area contributed by atoms with Crippen molar-refractivity contribution in [2.45, 2.75) is 19.3 Å². The highest BCUT2D eigenvalue weighted by Gasteiger charge is 2.20. The van der Waals surface area contributed by atoms with Crippen molar-refractivity contribution in [2.75, 3.05) is 50.7 Å². The number of halogens is 2. The third-order valence-electron chi connectivity index (χ3n) is 4.52. The van der Waals surface area contributed by atoms with Gasteiger partial charge in [-0.1, -0.05) is 0 Å². The second-order valence-electron chi connectivity index (χ2n) is 5.86. The summed E-state index contributed by atoms with van der Waals surface area (Å²) in [7, 11) is 0. The SMILES string of the molecule is Cl.Cl.c1cnc(N2CCN(CCC3CCNCC3)CC2)nc1. The van der Waals surface area contributed by atoms with Gasteiger partial charge in [-0.2, -0.15) is 0 Å². The lowest BCUT2D eigenvalue weighted by Gasteiger charge is -2.35. The quantitative estimate of drug-likeness (QED) is 0.900. The van der Waals surface area contributed by atoms with Crippen LogP contribution in [-0.2, 0) is 0 Å². The van der Waals surface area contributed by atoms with Crippen molar-refractivity contribution in [3.8, 4) is 0 Å². The molecule has 0 atom stereocenters. The molecule has 0 amide bonds. The summed E-state index contributed by atoms with van der Waals surface area (Å²) in [5.41, 5.74) is 0. The minimum absolute atomic E-state index is 0. The van der Waals surface area contributed by atoms with Crippen LogP contribution in [0.25, 0.3) is 0 Å². The van der Waals surface area contributed by atoms with Crippen LogP contribution in [0.3, 0.4) is 0 Å². The van der Waals surface area contributed by atoms with Crippen LogP contribution in [0, 0.1) is 5.92 Å². The molecule has 2 aliphatic heterocycles. The number of anilines is 1. The minimum Gasteiger partial charge on any atom is -0.338 e. The normalized spacial score (nSPS) is 20.1. The van der Waals surface area contributed by atoms with E-state index in [1.165, 1.54) is 38.9 Å². The van der Waals surface area contributed by atoms with Gasteiger partial charge in [0.2, 0.25) is 5.95 Å². The summed E-state index contributed by atoms with van der Waals surface area (Å²) in [6.45, 7) is 8.07. The van der Waals surface area contributed by atoms with Crippen molar-refractivity contribution >= 4 is 30.8 Å². The van der Waals surface area contributed by atoms with Crippen molar-refractivity contribution in [2.24, 2.45) is 5.92 Å². The van der Waals surface area contributed by atoms with Gasteiger partial charge in [0, 0.05) is 38.6 Å². The monoisotopic (exact) mass is 347 g/mol. The lowest BCUT2D eigenvalue weighted by molar-refractivity contribution is 0.224. The van der Waals surface area contributed by atoms with E-state index in [-0.39, 0.29) is 24.8 Å². The van der Waals surface area contributed by atoms with E-state index < -0.39 is 0 Å². The molecule has 3 heterocycles. The summed E-state index contributed by atoms with van der Waals surface area (Å²) in [5, 5.41) is 3.44. The molecule has 126 valence electrons. The fraction of sp³-hybridized carbons (Fsp3) is 0.733. The van der Waals surface area contributed by atoms with Crippen LogP contribution in [0.5, 0.6) is 0 Å². The van der Waals surface area contributed by atoms with E-state index in [4.69, 9.17) is 0 Å². The Hall–Kier alpha value is -0.620. The Balaban J connectivity index is 0.00000121. The number of aromatic nitrogens is 2. The smallest absolute Gasteiger partial charge is 0.225 e. The lowest BCUT2D eigenvalue weighted by atomic mass is 9.94. The van der Waals surface area contributed by atoms with E-state index in [0.717, 1.165) is 38.0 Å². The van der Waals surface area contributed by atoms with E-state index in [1.807, 2.05) is 18.5 Å².